The van der Waals surface area contributed by atoms with Gasteiger partial charge in [-0.3, -0.25) is 9.59 Å². The molecule has 1 saturated heterocycles. The number of rotatable bonds is 5. The van der Waals surface area contributed by atoms with E-state index in [1.807, 2.05) is 24.3 Å². The Morgan fingerprint density at radius 2 is 2.00 bits per heavy atom. The highest BCUT2D eigenvalue weighted by Crippen LogP contribution is 2.38. The molecule has 0 spiro atoms. The number of hydrogen-bond donors (Lipinski definition) is 2. The van der Waals surface area contributed by atoms with E-state index in [9.17, 15) is 9.59 Å². The van der Waals surface area contributed by atoms with E-state index in [0.29, 0.717) is 24.8 Å². The Labute approximate surface area is 134 Å². The Morgan fingerprint density at radius 3 is 2.59 bits per heavy atom. The van der Waals surface area contributed by atoms with Gasteiger partial charge in [-0.1, -0.05) is 29.8 Å². The number of amides is 1. The number of hydrogen-bond acceptors (Lipinski definition) is 3. The third-order valence-corrected chi connectivity index (χ3v) is 4.59. The Hall–Kier alpha value is -1.59. The number of carbonyl (C=O) groups excluding carboxylic acids is 1. The molecule has 6 heteroatoms. The number of carbonyl (C=O) groups is 2. The van der Waals surface area contributed by atoms with Crippen molar-refractivity contribution >= 4 is 23.5 Å². The van der Waals surface area contributed by atoms with Gasteiger partial charge in [0.25, 0.3) is 0 Å². The number of carboxylic acids is 1. The molecule has 0 bridgehead atoms. The first-order valence-electron chi connectivity index (χ1n) is 7.29. The smallest absolute Gasteiger partial charge is 0.315 e. The summed E-state index contributed by atoms with van der Waals surface area (Å²) in [6.07, 6.45) is 1.47. The quantitative estimate of drug-likeness (QED) is 0.814. The summed E-state index contributed by atoms with van der Waals surface area (Å²) in [6.45, 7) is 2.92. The van der Waals surface area contributed by atoms with E-state index < -0.39 is 17.8 Å². The van der Waals surface area contributed by atoms with Crippen LogP contribution in [-0.2, 0) is 19.7 Å². The molecule has 1 aliphatic heterocycles. The molecule has 1 fully saturated rings. The van der Waals surface area contributed by atoms with Crippen LogP contribution in [0, 0.1) is 5.92 Å². The van der Waals surface area contributed by atoms with Crippen LogP contribution in [0.15, 0.2) is 24.3 Å². The zero-order valence-electron chi connectivity index (χ0n) is 12.5. The van der Waals surface area contributed by atoms with Gasteiger partial charge in [-0.2, -0.15) is 0 Å². The minimum absolute atomic E-state index is 0.315. The molecule has 120 valence electrons. The van der Waals surface area contributed by atoms with E-state index in [1.165, 1.54) is 6.92 Å². The van der Waals surface area contributed by atoms with Crippen molar-refractivity contribution in [3.63, 3.8) is 0 Å². The summed E-state index contributed by atoms with van der Waals surface area (Å²) in [5, 5.41) is 12.3. The minimum atomic E-state index is -1.13. The van der Waals surface area contributed by atoms with Crippen molar-refractivity contribution in [2.24, 2.45) is 5.92 Å². The third-order valence-electron chi connectivity index (χ3n) is 4.26. The second-order valence-corrected chi connectivity index (χ2v) is 6.06. The number of aliphatic carboxylic acids is 1. The molecule has 22 heavy (non-hydrogen) atoms. The van der Waals surface area contributed by atoms with E-state index in [1.54, 1.807) is 0 Å². The lowest BCUT2D eigenvalue weighted by molar-refractivity contribution is -0.146. The SMILES string of the molecule is CC(C(=O)O)C(=O)NCC1(c2ccccc2Cl)CCOCC1. The summed E-state index contributed by atoms with van der Waals surface area (Å²) >= 11 is 6.33. The van der Waals surface area contributed by atoms with Crippen molar-refractivity contribution in [3.05, 3.63) is 34.9 Å². The number of carboxylic acid groups (broad SMARTS) is 1. The van der Waals surface area contributed by atoms with Crippen molar-refractivity contribution in [3.8, 4) is 0 Å². The van der Waals surface area contributed by atoms with Crippen LogP contribution in [-0.4, -0.2) is 36.7 Å². The molecule has 1 aliphatic rings. The van der Waals surface area contributed by atoms with Gasteiger partial charge in [-0.05, 0) is 31.4 Å². The first-order chi connectivity index (χ1) is 10.5. The maximum atomic E-state index is 11.9. The molecular formula is C16H20ClNO4. The summed E-state index contributed by atoms with van der Waals surface area (Å²) in [7, 11) is 0. The van der Waals surface area contributed by atoms with Gasteiger partial charge in [0.2, 0.25) is 5.91 Å². The Kier molecular flexibility index (Phi) is 5.42. The molecule has 2 rings (SSSR count). The van der Waals surface area contributed by atoms with Crippen LogP contribution in [0.1, 0.15) is 25.3 Å². The van der Waals surface area contributed by atoms with Gasteiger partial charge in [0.1, 0.15) is 5.92 Å². The average molecular weight is 326 g/mol. The second kappa shape index (κ2) is 7.11. The zero-order valence-corrected chi connectivity index (χ0v) is 13.2. The lowest BCUT2D eigenvalue weighted by Gasteiger charge is -2.38. The molecule has 1 aromatic rings. The van der Waals surface area contributed by atoms with E-state index in [0.717, 1.165) is 18.4 Å². The van der Waals surface area contributed by atoms with Crippen molar-refractivity contribution in [2.75, 3.05) is 19.8 Å². The van der Waals surface area contributed by atoms with Gasteiger partial charge in [0, 0.05) is 30.2 Å². The molecule has 0 aliphatic carbocycles. The fourth-order valence-electron chi connectivity index (χ4n) is 2.72. The predicted molar refractivity (Wildman–Crippen MR) is 83.0 cm³/mol. The van der Waals surface area contributed by atoms with Crippen LogP contribution in [0.5, 0.6) is 0 Å². The Balaban J connectivity index is 2.19. The van der Waals surface area contributed by atoms with Gasteiger partial charge in [-0.25, -0.2) is 0 Å². The third kappa shape index (κ3) is 3.59. The number of ether oxygens (including phenoxy) is 1. The first-order valence-corrected chi connectivity index (χ1v) is 7.67. The second-order valence-electron chi connectivity index (χ2n) is 5.65. The van der Waals surface area contributed by atoms with Crippen LogP contribution in [0.3, 0.4) is 0 Å². The van der Waals surface area contributed by atoms with Crippen molar-refractivity contribution in [1.29, 1.82) is 0 Å². The number of benzene rings is 1. The van der Waals surface area contributed by atoms with Gasteiger partial charge in [0.15, 0.2) is 0 Å². The van der Waals surface area contributed by atoms with Gasteiger partial charge < -0.3 is 15.2 Å². The van der Waals surface area contributed by atoms with E-state index >= 15 is 0 Å². The Morgan fingerprint density at radius 1 is 1.36 bits per heavy atom. The van der Waals surface area contributed by atoms with E-state index in [2.05, 4.69) is 5.32 Å². The maximum absolute atomic E-state index is 11.9. The molecule has 0 aromatic heterocycles. The van der Waals surface area contributed by atoms with Gasteiger partial charge >= 0.3 is 5.97 Å². The topological polar surface area (TPSA) is 75.6 Å². The molecular weight excluding hydrogens is 306 g/mol. The molecule has 1 aromatic carbocycles. The highest BCUT2D eigenvalue weighted by molar-refractivity contribution is 6.31. The number of nitrogens with one attached hydrogen (secondary N) is 1. The lowest BCUT2D eigenvalue weighted by Crippen LogP contribution is -2.46. The standard InChI is InChI=1S/C16H20ClNO4/c1-11(15(20)21)14(19)18-10-16(6-8-22-9-7-16)12-4-2-3-5-13(12)17/h2-5,11H,6-10H2,1H3,(H,18,19)(H,20,21). The number of halogens is 1. The maximum Gasteiger partial charge on any atom is 0.315 e. The van der Waals surface area contributed by atoms with Crippen molar-refractivity contribution < 1.29 is 19.4 Å². The van der Waals surface area contributed by atoms with E-state index in [-0.39, 0.29) is 5.41 Å². The highest BCUT2D eigenvalue weighted by atomic mass is 35.5. The normalized spacial score (nSPS) is 18.5. The molecule has 1 heterocycles. The largest absolute Gasteiger partial charge is 0.481 e. The molecule has 0 radical (unpaired) electrons. The molecule has 5 nitrogen and oxygen atoms in total. The molecule has 2 N–H and O–H groups in total. The Bertz CT molecular complexity index is 555. The monoisotopic (exact) mass is 325 g/mol. The zero-order chi connectivity index (χ0) is 16.2. The van der Waals surface area contributed by atoms with Crippen LogP contribution in [0.2, 0.25) is 5.02 Å². The summed E-state index contributed by atoms with van der Waals surface area (Å²) in [5.41, 5.74) is 0.660. The minimum Gasteiger partial charge on any atom is -0.481 e. The summed E-state index contributed by atoms with van der Waals surface area (Å²) in [6, 6.07) is 7.57. The fourth-order valence-corrected chi connectivity index (χ4v) is 3.05. The van der Waals surface area contributed by atoms with Crippen LogP contribution >= 0.6 is 11.6 Å². The summed E-state index contributed by atoms with van der Waals surface area (Å²) < 4.78 is 5.43. The molecule has 1 amide bonds. The lowest BCUT2D eigenvalue weighted by atomic mass is 9.74. The summed E-state index contributed by atoms with van der Waals surface area (Å²) in [4.78, 5) is 22.8. The molecule has 0 saturated carbocycles. The highest BCUT2D eigenvalue weighted by Gasteiger charge is 2.37. The van der Waals surface area contributed by atoms with Crippen LogP contribution < -0.4 is 5.32 Å². The van der Waals surface area contributed by atoms with Crippen LogP contribution in [0.4, 0.5) is 0 Å². The predicted octanol–water partition coefficient (Wildman–Crippen LogP) is 2.23. The van der Waals surface area contributed by atoms with E-state index in [4.69, 9.17) is 21.4 Å². The first kappa shape index (κ1) is 16.8. The fraction of sp³-hybridized carbons (Fsp3) is 0.500. The van der Waals surface area contributed by atoms with Crippen molar-refractivity contribution in [2.45, 2.75) is 25.2 Å². The molecule has 1 unspecified atom stereocenters. The van der Waals surface area contributed by atoms with Gasteiger partial charge in [-0.15, -0.1) is 0 Å². The van der Waals surface area contributed by atoms with Crippen LogP contribution in [0.25, 0.3) is 0 Å². The molecule has 1 atom stereocenters. The average Bonchev–Trinajstić information content (AvgIpc) is 2.53. The summed E-state index contributed by atoms with van der Waals surface area (Å²) in [5.74, 6) is -2.68. The van der Waals surface area contributed by atoms with Gasteiger partial charge in [0.05, 0.1) is 0 Å². The van der Waals surface area contributed by atoms with Crippen molar-refractivity contribution in [1.82, 2.24) is 5.32 Å².